The average Bonchev–Trinajstić information content (AvgIpc) is 2.78. The lowest BCUT2D eigenvalue weighted by Gasteiger charge is -2.48. The summed E-state index contributed by atoms with van der Waals surface area (Å²) in [5.41, 5.74) is 0.354. The van der Waals surface area contributed by atoms with Crippen LogP contribution >= 0.6 is 24.0 Å². The number of halogens is 1. The van der Waals surface area contributed by atoms with Gasteiger partial charge in [0.05, 0.1) is 0 Å². The molecule has 2 aliphatic heterocycles. The van der Waals surface area contributed by atoms with E-state index in [0.29, 0.717) is 5.54 Å². The Morgan fingerprint density at radius 2 is 1.45 bits per heavy atom. The molecule has 0 unspecified atom stereocenters. The highest BCUT2D eigenvalue weighted by atomic mass is 127. The van der Waals surface area contributed by atoms with Gasteiger partial charge in [0, 0.05) is 58.4 Å². The van der Waals surface area contributed by atoms with Gasteiger partial charge in [0.2, 0.25) is 0 Å². The van der Waals surface area contributed by atoms with Crippen molar-refractivity contribution in [3.63, 3.8) is 0 Å². The predicted octanol–water partition coefficient (Wildman–Crippen LogP) is 2.60. The Hall–Kier alpha value is -0.120. The minimum atomic E-state index is 0. The molecule has 7 heteroatoms. The number of nitrogens with one attached hydrogen (secondary N) is 2. The molecular weight excluding hydrogens is 475 g/mol. The van der Waals surface area contributed by atoms with Gasteiger partial charge in [-0.3, -0.25) is 14.8 Å². The SMILES string of the molecule is CCN1CCN(CCNC(=NC)NCC2(N3CCCCC3)CCCCC2)CC1.I. The van der Waals surface area contributed by atoms with Crippen molar-refractivity contribution in [2.75, 3.05) is 72.5 Å². The molecule has 3 aliphatic rings. The van der Waals surface area contributed by atoms with Crippen LogP contribution in [0.2, 0.25) is 0 Å². The van der Waals surface area contributed by atoms with Crippen molar-refractivity contribution in [2.24, 2.45) is 4.99 Å². The minimum Gasteiger partial charge on any atom is -0.355 e. The van der Waals surface area contributed by atoms with Crippen LogP contribution in [-0.2, 0) is 0 Å². The Labute approximate surface area is 196 Å². The fraction of sp³-hybridized carbons (Fsp3) is 0.955. The van der Waals surface area contributed by atoms with Crippen LogP contribution in [-0.4, -0.2) is 98.7 Å². The Balaban J connectivity index is 0.00000300. The first-order valence-electron chi connectivity index (χ1n) is 11.9. The lowest BCUT2D eigenvalue weighted by Crippen LogP contribution is -2.59. The number of nitrogens with zero attached hydrogens (tertiary/aromatic N) is 4. The highest BCUT2D eigenvalue weighted by Crippen LogP contribution is 2.35. The zero-order chi connectivity index (χ0) is 19.7. The fourth-order valence-electron chi connectivity index (χ4n) is 5.31. The lowest BCUT2D eigenvalue weighted by atomic mass is 9.79. The highest BCUT2D eigenvalue weighted by molar-refractivity contribution is 14.0. The summed E-state index contributed by atoms with van der Waals surface area (Å²) in [6.07, 6.45) is 11.0. The maximum absolute atomic E-state index is 4.51. The Morgan fingerprint density at radius 1 is 0.828 bits per heavy atom. The Morgan fingerprint density at radius 3 is 2.07 bits per heavy atom. The van der Waals surface area contributed by atoms with Gasteiger partial charge in [-0.15, -0.1) is 24.0 Å². The van der Waals surface area contributed by atoms with Crippen LogP contribution in [0.5, 0.6) is 0 Å². The standard InChI is InChI=1S/C22H44N6.HI/c1-3-26-16-18-27(19-17-26)15-12-24-21(23-2)25-20-22(10-6-4-7-11-22)28-13-8-5-9-14-28;/h3-20H2,1-2H3,(H2,23,24,25);1H. The molecule has 3 fully saturated rings. The van der Waals surface area contributed by atoms with E-state index in [0.717, 1.165) is 25.6 Å². The summed E-state index contributed by atoms with van der Waals surface area (Å²) in [6, 6.07) is 0. The molecule has 2 saturated heterocycles. The normalized spacial score (nSPS) is 24.7. The van der Waals surface area contributed by atoms with E-state index < -0.39 is 0 Å². The molecular formula is C22H45IN6. The quantitative estimate of drug-likeness (QED) is 0.307. The lowest BCUT2D eigenvalue weighted by molar-refractivity contribution is 0.0368. The summed E-state index contributed by atoms with van der Waals surface area (Å²) in [6.45, 7) is 14.0. The minimum absolute atomic E-state index is 0. The largest absolute Gasteiger partial charge is 0.355 e. The molecule has 29 heavy (non-hydrogen) atoms. The molecule has 1 aliphatic carbocycles. The van der Waals surface area contributed by atoms with Gasteiger partial charge in [-0.05, 0) is 45.3 Å². The number of rotatable bonds is 7. The van der Waals surface area contributed by atoms with E-state index in [9.17, 15) is 0 Å². The number of piperazine rings is 1. The van der Waals surface area contributed by atoms with E-state index in [4.69, 9.17) is 0 Å². The van der Waals surface area contributed by atoms with E-state index in [2.05, 4.69) is 37.2 Å². The maximum Gasteiger partial charge on any atom is 0.191 e. The average molecular weight is 521 g/mol. The maximum atomic E-state index is 4.51. The number of likely N-dealkylation sites (tertiary alicyclic amines) is 1. The van der Waals surface area contributed by atoms with Crippen LogP contribution in [0.3, 0.4) is 0 Å². The second-order valence-electron chi connectivity index (χ2n) is 8.96. The summed E-state index contributed by atoms with van der Waals surface area (Å²) in [5, 5.41) is 7.27. The molecule has 0 bridgehead atoms. The molecule has 0 aromatic heterocycles. The fourth-order valence-corrected chi connectivity index (χ4v) is 5.31. The number of hydrogen-bond acceptors (Lipinski definition) is 4. The zero-order valence-corrected chi connectivity index (χ0v) is 21.3. The molecule has 1 saturated carbocycles. The van der Waals surface area contributed by atoms with Crippen molar-refractivity contribution in [3.8, 4) is 0 Å². The van der Waals surface area contributed by atoms with Crippen LogP contribution in [0.15, 0.2) is 4.99 Å². The number of hydrogen-bond donors (Lipinski definition) is 2. The van der Waals surface area contributed by atoms with Gasteiger partial charge >= 0.3 is 0 Å². The molecule has 0 aromatic carbocycles. The Bertz CT molecular complexity index is 466. The van der Waals surface area contributed by atoms with Crippen LogP contribution in [0, 0.1) is 0 Å². The first kappa shape index (κ1) is 25.1. The first-order valence-corrected chi connectivity index (χ1v) is 11.9. The smallest absolute Gasteiger partial charge is 0.191 e. The molecule has 0 spiro atoms. The van der Waals surface area contributed by atoms with Crippen molar-refractivity contribution in [3.05, 3.63) is 0 Å². The van der Waals surface area contributed by atoms with E-state index in [1.54, 1.807) is 0 Å². The second-order valence-corrected chi connectivity index (χ2v) is 8.96. The van der Waals surface area contributed by atoms with Crippen molar-refractivity contribution in [1.29, 1.82) is 0 Å². The van der Waals surface area contributed by atoms with Crippen LogP contribution in [0.1, 0.15) is 58.3 Å². The van der Waals surface area contributed by atoms with Crippen LogP contribution in [0.4, 0.5) is 0 Å². The number of piperidine rings is 1. The summed E-state index contributed by atoms with van der Waals surface area (Å²) in [7, 11) is 1.91. The third-order valence-corrected chi connectivity index (χ3v) is 7.25. The van der Waals surface area contributed by atoms with Gasteiger partial charge < -0.3 is 15.5 Å². The summed E-state index contributed by atoms with van der Waals surface area (Å²) < 4.78 is 0. The van der Waals surface area contributed by atoms with Crippen molar-refractivity contribution >= 4 is 29.9 Å². The van der Waals surface area contributed by atoms with Gasteiger partial charge in [-0.25, -0.2) is 0 Å². The molecule has 170 valence electrons. The molecule has 2 heterocycles. The molecule has 2 N–H and O–H groups in total. The number of likely N-dealkylation sites (N-methyl/N-ethyl adjacent to an activating group) is 1. The third kappa shape index (κ3) is 7.51. The Kier molecular flexibility index (Phi) is 11.6. The van der Waals surface area contributed by atoms with Crippen molar-refractivity contribution in [2.45, 2.75) is 63.8 Å². The first-order chi connectivity index (χ1) is 13.8. The van der Waals surface area contributed by atoms with E-state index in [1.165, 1.54) is 97.2 Å². The molecule has 3 rings (SSSR count). The third-order valence-electron chi connectivity index (χ3n) is 7.25. The summed E-state index contributed by atoms with van der Waals surface area (Å²) in [4.78, 5) is 12.4. The topological polar surface area (TPSA) is 46.1 Å². The molecule has 0 atom stereocenters. The summed E-state index contributed by atoms with van der Waals surface area (Å²) in [5.74, 6) is 0.981. The van der Waals surface area contributed by atoms with E-state index >= 15 is 0 Å². The molecule has 0 aromatic rings. The van der Waals surface area contributed by atoms with Crippen molar-refractivity contribution in [1.82, 2.24) is 25.3 Å². The van der Waals surface area contributed by atoms with Crippen LogP contribution < -0.4 is 10.6 Å². The van der Waals surface area contributed by atoms with Gasteiger partial charge in [-0.1, -0.05) is 32.6 Å². The highest BCUT2D eigenvalue weighted by Gasteiger charge is 2.38. The van der Waals surface area contributed by atoms with E-state index in [1.807, 2.05) is 7.05 Å². The van der Waals surface area contributed by atoms with Gasteiger partial charge in [0.1, 0.15) is 0 Å². The second kappa shape index (κ2) is 13.3. The van der Waals surface area contributed by atoms with Gasteiger partial charge in [0.25, 0.3) is 0 Å². The number of guanidine groups is 1. The predicted molar refractivity (Wildman–Crippen MR) is 135 cm³/mol. The van der Waals surface area contributed by atoms with Gasteiger partial charge in [-0.2, -0.15) is 0 Å². The molecule has 6 nitrogen and oxygen atoms in total. The monoisotopic (exact) mass is 520 g/mol. The number of aliphatic imine (C=N–C) groups is 1. The van der Waals surface area contributed by atoms with Gasteiger partial charge in [0.15, 0.2) is 5.96 Å². The molecule has 0 radical (unpaired) electrons. The zero-order valence-electron chi connectivity index (χ0n) is 18.9. The van der Waals surface area contributed by atoms with Crippen molar-refractivity contribution < 1.29 is 0 Å². The molecule has 0 amide bonds. The summed E-state index contributed by atoms with van der Waals surface area (Å²) >= 11 is 0. The van der Waals surface area contributed by atoms with Crippen LogP contribution in [0.25, 0.3) is 0 Å². The van der Waals surface area contributed by atoms with E-state index in [-0.39, 0.29) is 24.0 Å².